The van der Waals surface area contributed by atoms with E-state index in [4.69, 9.17) is 5.73 Å². The van der Waals surface area contributed by atoms with E-state index in [2.05, 4.69) is 30.9 Å². The van der Waals surface area contributed by atoms with E-state index in [0.29, 0.717) is 6.54 Å². The van der Waals surface area contributed by atoms with Crippen molar-refractivity contribution in [3.63, 3.8) is 0 Å². The number of rotatable bonds is 3. The van der Waals surface area contributed by atoms with Gasteiger partial charge in [-0.25, -0.2) is 9.97 Å². The number of halogens is 1. The minimum Gasteiger partial charge on any atom is -0.325 e. The predicted molar refractivity (Wildman–Crippen MR) is 66.0 cm³/mol. The molecule has 0 spiro atoms. The number of hydrogen-bond donors (Lipinski definition) is 1. The van der Waals surface area contributed by atoms with Gasteiger partial charge in [0.2, 0.25) is 0 Å². The highest BCUT2D eigenvalue weighted by Gasteiger charge is 2.04. The minimum atomic E-state index is 0.408. The molecular weight excluding hydrogens is 288 g/mol. The molecule has 0 aliphatic carbocycles. The summed E-state index contributed by atoms with van der Waals surface area (Å²) < 4.78 is 0.949. The number of nitrogens with two attached hydrogens (primary N) is 1. The molecule has 2 aromatic rings. The molecule has 2 N–H and O–H groups in total. The average molecular weight is 297 g/mol. The Morgan fingerprint density at radius 2 is 2.12 bits per heavy atom. The van der Waals surface area contributed by atoms with Gasteiger partial charge in [-0.2, -0.15) is 0 Å². The monoisotopic (exact) mass is 296 g/mol. The second kappa shape index (κ2) is 5.38. The summed E-state index contributed by atoms with van der Waals surface area (Å²) in [7, 11) is 0. The maximum Gasteiger partial charge on any atom is 0.121 e. The third kappa shape index (κ3) is 2.78. The summed E-state index contributed by atoms with van der Waals surface area (Å²) in [6.07, 6.45) is 5.13. The molecule has 0 bridgehead atoms. The molecule has 4 nitrogen and oxygen atoms in total. The molecule has 82 valence electrons. The molecule has 0 aromatic carbocycles. The first-order chi connectivity index (χ1) is 7.79. The zero-order valence-corrected chi connectivity index (χ0v) is 10.7. The molecule has 2 heterocycles. The smallest absolute Gasteiger partial charge is 0.121 e. The molecule has 0 aliphatic heterocycles. The minimum absolute atomic E-state index is 0.408. The van der Waals surface area contributed by atoms with Crippen LogP contribution in [0.25, 0.3) is 0 Å². The largest absolute Gasteiger partial charge is 0.325 e. The Morgan fingerprint density at radius 3 is 2.75 bits per heavy atom. The lowest BCUT2D eigenvalue weighted by atomic mass is 10.5. The first-order valence-corrected chi connectivity index (χ1v) is 6.20. The number of hydrogen-bond acceptors (Lipinski definition) is 5. The Kier molecular flexibility index (Phi) is 3.87. The fourth-order valence-electron chi connectivity index (χ4n) is 1.05. The van der Waals surface area contributed by atoms with Crippen molar-refractivity contribution in [2.75, 3.05) is 0 Å². The first-order valence-electron chi connectivity index (χ1n) is 4.59. The van der Waals surface area contributed by atoms with Crippen LogP contribution in [0.5, 0.6) is 0 Å². The van der Waals surface area contributed by atoms with Crippen LogP contribution < -0.4 is 5.73 Å². The second-order valence-electron chi connectivity index (χ2n) is 2.94. The Bertz CT molecular complexity index is 475. The van der Waals surface area contributed by atoms with Gasteiger partial charge in [0.25, 0.3) is 0 Å². The van der Waals surface area contributed by atoms with Gasteiger partial charge in [0.05, 0.1) is 22.6 Å². The average Bonchev–Trinajstić information content (AvgIpc) is 2.33. The summed E-state index contributed by atoms with van der Waals surface area (Å²) in [6, 6.07) is 3.81. The van der Waals surface area contributed by atoms with Gasteiger partial charge in [0.1, 0.15) is 10.1 Å². The summed E-state index contributed by atoms with van der Waals surface area (Å²) in [4.78, 5) is 12.7. The van der Waals surface area contributed by atoms with Crippen LogP contribution in [0.4, 0.5) is 0 Å². The highest BCUT2D eigenvalue weighted by Crippen LogP contribution is 2.29. The van der Waals surface area contributed by atoms with E-state index in [1.165, 1.54) is 11.8 Å². The van der Waals surface area contributed by atoms with Gasteiger partial charge in [-0.15, -0.1) is 0 Å². The molecule has 0 saturated heterocycles. The van der Waals surface area contributed by atoms with Crippen molar-refractivity contribution in [3.8, 4) is 0 Å². The summed E-state index contributed by atoms with van der Waals surface area (Å²) in [5.41, 5.74) is 6.23. The normalized spacial score (nSPS) is 10.4. The van der Waals surface area contributed by atoms with E-state index in [-0.39, 0.29) is 0 Å². The van der Waals surface area contributed by atoms with Gasteiger partial charge in [0, 0.05) is 12.7 Å². The van der Waals surface area contributed by atoms with Gasteiger partial charge >= 0.3 is 0 Å². The maximum absolute atomic E-state index is 5.45. The van der Waals surface area contributed by atoms with Crippen molar-refractivity contribution < 1.29 is 0 Å². The third-order valence-corrected chi connectivity index (χ3v) is 3.66. The molecule has 6 heteroatoms. The summed E-state index contributed by atoms with van der Waals surface area (Å²) in [5, 5.41) is 1.67. The molecular formula is C10H9BrN4S. The van der Waals surface area contributed by atoms with Crippen LogP contribution in [-0.4, -0.2) is 15.0 Å². The number of pyridine rings is 1. The number of aromatic nitrogens is 3. The summed E-state index contributed by atoms with van der Waals surface area (Å²) in [5.74, 6) is 0. The lowest BCUT2D eigenvalue weighted by Crippen LogP contribution is -2.00. The Labute approximate surface area is 106 Å². The quantitative estimate of drug-likeness (QED) is 0.941. The summed E-state index contributed by atoms with van der Waals surface area (Å²) >= 11 is 4.89. The molecule has 2 aromatic heterocycles. The first kappa shape index (κ1) is 11.5. The van der Waals surface area contributed by atoms with E-state index < -0.39 is 0 Å². The third-order valence-electron chi connectivity index (χ3n) is 1.82. The summed E-state index contributed by atoms with van der Waals surface area (Å²) in [6.45, 7) is 0.408. The zero-order chi connectivity index (χ0) is 11.4. The van der Waals surface area contributed by atoms with Crippen LogP contribution >= 0.6 is 27.7 Å². The van der Waals surface area contributed by atoms with E-state index in [9.17, 15) is 0 Å². The van der Waals surface area contributed by atoms with Crippen molar-refractivity contribution >= 4 is 27.7 Å². The predicted octanol–water partition coefficient (Wildman–Crippen LogP) is 2.24. The molecule has 0 radical (unpaired) electrons. The van der Waals surface area contributed by atoms with Crippen molar-refractivity contribution in [1.29, 1.82) is 0 Å². The van der Waals surface area contributed by atoms with Crippen LogP contribution in [0, 0.1) is 0 Å². The standard InChI is InChI=1S/C10H9BrN4S/c11-8-2-1-3-13-10(8)16-9-6-14-7(4-12)5-15-9/h1-3,5-6H,4,12H2. The second-order valence-corrected chi connectivity index (χ2v) is 4.81. The maximum atomic E-state index is 5.45. The van der Waals surface area contributed by atoms with Crippen LogP contribution in [0.1, 0.15) is 5.69 Å². The van der Waals surface area contributed by atoms with Gasteiger partial charge in [-0.05, 0) is 39.8 Å². The molecule has 16 heavy (non-hydrogen) atoms. The Hall–Kier alpha value is -0.980. The molecule has 0 aliphatic rings. The highest BCUT2D eigenvalue weighted by atomic mass is 79.9. The van der Waals surface area contributed by atoms with Crippen LogP contribution in [0.3, 0.4) is 0 Å². The highest BCUT2D eigenvalue weighted by molar-refractivity contribution is 9.10. The zero-order valence-electron chi connectivity index (χ0n) is 8.30. The van der Waals surface area contributed by atoms with Gasteiger partial charge in [-0.3, -0.25) is 4.98 Å². The van der Waals surface area contributed by atoms with Crippen LogP contribution in [-0.2, 0) is 6.54 Å². The molecule has 0 amide bonds. The van der Waals surface area contributed by atoms with Crippen molar-refractivity contribution in [1.82, 2.24) is 15.0 Å². The van der Waals surface area contributed by atoms with E-state index >= 15 is 0 Å². The SMILES string of the molecule is NCc1cnc(Sc2ncccc2Br)cn1. The van der Waals surface area contributed by atoms with Gasteiger partial charge in [0.15, 0.2) is 0 Å². The lowest BCUT2D eigenvalue weighted by Gasteiger charge is -2.02. The van der Waals surface area contributed by atoms with Gasteiger partial charge in [-0.1, -0.05) is 0 Å². The lowest BCUT2D eigenvalue weighted by molar-refractivity contribution is 0.921. The molecule has 0 atom stereocenters. The Balaban J connectivity index is 2.18. The molecule has 0 saturated carbocycles. The Morgan fingerprint density at radius 1 is 1.25 bits per heavy atom. The van der Waals surface area contributed by atoms with E-state index in [1.807, 2.05) is 12.1 Å². The van der Waals surface area contributed by atoms with Crippen molar-refractivity contribution in [2.24, 2.45) is 5.73 Å². The molecule has 2 rings (SSSR count). The van der Waals surface area contributed by atoms with Crippen molar-refractivity contribution in [2.45, 2.75) is 16.6 Å². The molecule has 0 fully saturated rings. The molecule has 0 unspecified atom stereocenters. The number of nitrogens with zero attached hydrogens (tertiary/aromatic N) is 3. The van der Waals surface area contributed by atoms with E-state index in [1.54, 1.807) is 18.6 Å². The fraction of sp³-hybridized carbons (Fsp3) is 0.100. The van der Waals surface area contributed by atoms with Crippen LogP contribution in [0.15, 0.2) is 45.2 Å². The van der Waals surface area contributed by atoms with Crippen LogP contribution in [0.2, 0.25) is 0 Å². The topological polar surface area (TPSA) is 64.7 Å². The fourth-order valence-corrected chi connectivity index (χ4v) is 2.23. The van der Waals surface area contributed by atoms with Gasteiger partial charge < -0.3 is 5.73 Å². The van der Waals surface area contributed by atoms with E-state index in [0.717, 1.165) is 20.2 Å². The van der Waals surface area contributed by atoms with Crippen molar-refractivity contribution in [3.05, 3.63) is 40.9 Å².